The number of amides is 1. The van der Waals surface area contributed by atoms with Crippen LogP contribution in [0, 0.1) is 13.8 Å². The van der Waals surface area contributed by atoms with Crippen molar-refractivity contribution in [1.82, 2.24) is 35.0 Å². The molecular formula is C25H24F3N7O3. The Morgan fingerprint density at radius 2 is 1.89 bits per heavy atom. The van der Waals surface area contributed by atoms with Crippen LogP contribution in [0.2, 0.25) is 0 Å². The van der Waals surface area contributed by atoms with Gasteiger partial charge in [0.15, 0.2) is 11.5 Å². The number of nitrogens with zero attached hydrogens (tertiary/aromatic N) is 5. The number of carboxylic acids is 1. The van der Waals surface area contributed by atoms with Crippen molar-refractivity contribution in [3.8, 4) is 17.2 Å². The van der Waals surface area contributed by atoms with E-state index in [9.17, 15) is 27.9 Å². The Balaban J connectivity index is 1.67. The minimum atomic E-state index is -4.68. The Morgan fingerprint density at radius 3 is 2.53 bits per heavy atom. The largest absolute Gasteiger partial charge is 0.481 e. The SMILES string of the molecule is Cc1cnc(CC[C@@H](CC(=O)O)NC(=O)c2cc(-c3ncc[nH]3)n(-c3c(C)cccc3C(F)(F)F)n2)nc1. The fourth-order valence-corrected chi connectivity index (χ4v) is 3.95. The zero-order valence-electron chi connectivity index (χ0n) is 20.5. The van der Waals surface area contributed by atoms with Crippen molar-refractivity contribution in [2.24, 2.45) is 0 Å². The number of aromatic nitrogens is 6. The van der Waals surface area contributed by atoms with Gasteiger partial charge in [0.2, 0.25) is 0 Å². The summed E-state index contributed by atoms with van der Waals surface area (Å²) < 4.78 is 42.7. The second-order valence-corrected chi connectivity index (χ2v) is 8.72. The number of nitrogens with one attached hydrogen (secondary N) is 2. The van der Waals surface area contributed by atoms with Gasteiger partial charge in [-0.3, -0.25) is 9.59 Å². The maximum Gasteiger partial charge on any atom is 0.418 e. The van der Waals surface area contributed by atoms with Crippen LogP contribution in [-0.2, 0) is 17.4 Å². The summed E-state index contributed by atoms with van der Waals surface area (Å²) in [6, 6.07) is 4.24. The molecule has 13 heteroatoms. The number of aromatic amines is 1. The smallest absolute Gasteiger partial charge is 0.418 e. The van der Waals surface area contributed by atoms with Crippen LogP contribution >= 0.6 is 0 Å². The number of benzene rings is 1. The number of halogens is 3. The Hall–Kier alpha value is -4.55. The maximum atomic E-state index is 13.9. The molecule has 4 aromatic rings. The number of carbonyl (C=O) groups is 2. The summed E-state index contributed by atoms with van der Waals surface area (Å²) in [5.41, 5.74) is -0.0947. The molecule has 0 bridgehead atoms. The van der Waals surface area contributed by atoms with Gasteiger partial charge in [0.25, 0.3) is 5.91 Å². The van der Waals surface area contributed by atoms with E-state index in [1.54, 1.807) is 12.4 Å². The standard InChI is InChI=1S/C25H24F3N7O3/c1-14-12-31-20(32-13-14)7-6-16(10-21(36)37)33-24(38)18-11-19(23-29-8-9-30-23)35(34-18)22-15(2)4-3-5-17(22)25(26,27)28/h3-5,8-9,11-13,16H,6-7,10H2,1-2H3,(H,29,30)(H,33,38)(H,36,37)/t16-/m0/s1. The fourth-order valence-electron chi connectivity index (χ4n) is 3.95. The van der Waals surface area contributed by atoms with Gasteiger partial charge in [-0.15, -0.1) is 0 Å². The van der Waals surface area contributed by atoms with E-state index in [2.05, 4.69) is 30.4 Å². The molecule has 0 radical (unpaired) electrons. The zero-order valence-corrected chi connectivity index (χ0v) is 20.5. The lowest BCUT2D eigenvalue weighted by Crippen LogP contribution is -2.37. The summed E-state index contributed by atoms with van der Waals surface area (Å²) in [6.45, 7) is 3.34. The molecule has 198 valence electrons. The van der Waals surface area contributed by atoms with E-state index >= 15 is 0 Å². The zero-order chi connectivity index (χ0) is 27.4. The average Bonchev–Trinajstić information content (AvgIpc) is 3.52. The Kier molecular flexibility index (Phi) is 7.55. The monoisotopic (exact) mass is 527 g/mol. The summed E-state index contributed by atoms with van der Waals surface area (Å²) in [5, 5.41) is 16.2. The van der Waals surface area contributed by atoms with Crippen LogP contribution in [0.1, 0.15) is 45.8 Å². The molecule has 0 fully saturated rings. The number of hydrogen-bond donors (Lipinski definition) is 3. The number of imidazole rings is 1. The average molecular weight is 528 g/mol. The van der Waals surface area contributed by atoms with Gasteiger partial charge in [0.05, 0.1) is 17.7 Å². The summed E-state index contributed by atoms with van der Waals surface area (Å²) in [5.74, 6) is -1.18. The lowest BCUT2D eigenvalue weighted by molar-refractivity contribution is -0.138. The molecule has 1 aromatic carbocycles. The molecule has 3 N–H and O–H groups in total. The van der Waals surface area contributed by atoms with Gasteiger partial charge >= 0.3 is 12.1 Å². The molecule has 0 aliphatic rings. The van der Waals surface area contributed by atoms with E-state index in [1.807, 2.05) is 6.92 Å². The van der Waals surface area contributed by atoms with Crippen LogP contribution in [0.5, 0.6) is 0 Å². The number of rotatable bonds is 9. The lowest BCUT2D eigenvalue weighted by Gasteiger charge is -2.17. The van der Waals surface area contributed by atoms with Gasteiger partial charge < -0.3 is 15.4 Å². The van der Waals surface area contributed by atoms with Crippen molar-refractivity contribution in [1.29, 1.82) is 0 Å². The first-order valence-corrected chi connectivity index (χ1v) is 11.6. The summed E-state index contributed by atoms with van der Waals surface area (Å²) in [4.78, 5) is 39.9. The molecule has 0 aliphatic carbocycles. The number of aliphatic carboxylic acids is 1. The molecule has 0 spiro atoms. The van der Waals surface area contributed by atoms with E-state index in [-0.39, 0.29) is 41.3 Å². The van der Waals surface area contributed by atoms with Crippen molar-refractivity contribution < 1.29 is 27.9 Å². The Labute approximate surface area is 215 Å². The highest BCUT2D eigenvalue weighted by Crippen LogP contribution is 2.36. The summed E-state index contributed by atoms with van der Waals surface area (Å²) >= 11 is 0. The third-order valence-electron chi connectivity index (χ3n) is 5.74. The number of alkyl halides is 3. The van der Waals surface area contributed by atoms with E-state index in [0.29, 0.717) is 12.2 Å². The number of hydrogen-bond acceptors (Lipinski definition) is 6. The van der Waals surface area contributed by atoms with Gasteiger partial charge in [0.1, 0.15) is 11.5 Å². The van der Waals surface area contributed by atoms with Gasteiger partial charge in [-0.05, 0) is 37.5 Å². The van der Waals surface area contributed by atoms with Crippen molar-refractivity contribution in [3.63, 3.8) is 0 Å². The molecule has 1 amide bonds. The first-order valence-electron chi connectivity index (χ1n) is 11.6. The lowest BCUT2D eigenvalue weighted by atomic mass is 10.1. The summed E-state index contributed by atoms with van der Waals surface area (Å²) in [6.07, 6.45) is 1.66. The van der Waals surface area contributed by atoms with Crippen LogP contribution in [-0.4, -0.2) is 52.7 Å². The predicted octanol–water partition coefficient (Wildman–Crippen LogP) is 3.89. The molecule has 38 heavy (non-hydrogen) atoms. The van der Waals surface area contributed by atoms with E-state index < -0.39 is 29.7 Å². The maximum absolute atomic E-state index is 13.9. The normalized spacial score (nSPS) is 12.3. The number of aryl methyl sites for hydroxylation is 3. The van der Waals surface area contributed by atoms with Crippen LogP contribution in [0.15, 0.2) is 49.1 Å². The van der Waals surface area contributed by atoms with Gasteiger partial charge in [0, 0.05) is 43.3 Å². The number of carbonyl (C=O) groups excluding carboxylic acids is 1. The highest BCUT2D eigenvalue weighted by Gasteiger charge is 2.36. The second kappa shape index (κ2) is 10.8. The molecule has 0 saturated heterocycles. The van der Waals surface area contributed by atoms with E-state index in [4.69, 9.17) is 0 Å². The third kappa shape index (κ3) is 6.05. The van der Waals surface area contributed by atoms with Crippen LogP contribution in [0.4, 0.5) is 13.2 Å². The Bertz CT molecular complexity index is 1430. The minimum Gasteiger partial charge on any atom is -0.481 e. The summed E-state index contributed by atoms with van der Waals surface area (Å²) in [7, 11) is 0. The second-order valence-electron chi connectivity index (χ2n) is 8.72. The third-order valence-corrected chi connectivity index (χ3v) is 5.74. The van der Waals surface area contributed by atoms with Crippen LogP contribution in [0.25, 0.3) is 17.2 Å². The van der Waals surface area contributed by atoms with E-state index in [0.717, 1.165) is 16.3 Å². The molecule has 3 aromatic heterocycles. The van der Waals surface area contributed by atoms with Gasteiger partial charge in [-0.2, -0.15) is 18.3 Å². The van der Waals surface area contributed by atoms with Gasteiger partial charge in [-0.1, -0.05) is 12.1 Å². The molecule has 0 saturated carbocycles. The predicted molar refractivity (Wildman–Crippen MR) is 129 cm³/mol. The molecule has 0 aliphatic heterocycles. The number of carboxylic acid groups (broad SMARTS) is 1. The van der Waals surface area contributed by atoms with E-state index in [1.165, 1.54) is 37.5 Å². The molecule has 1 atom stereocenters. The van der Waals surface area contributed by atoms with Crippen LogP contribution < -0.4 is 5.32 Å². The van der Waals surface area contributed by atoms with Crippen molar-refractivity contribution in [2.75, 3.05) is 0 Å². The molecule has 0 unspecified atom stereocenters. The number of para-hydroxylation sites is 1. The van der Waals surface area contributed by atoms with Crippen LogP contribution in [0.3, 0.4) is 0 Å². The highest BCUT2D eigenvalue weighted by atomic mass is 19.4. The highest BCUT2D eigenvalue weighted by molar-refractivity contribution is 5.94. The molecule has 4 rings (SSSR count). The molecular weight excluding hydrogens is 503 g/mol. The van der Waals surface area contributed by atoms with Crippen molar-refractivity contribution in [3.05, 3.63) is 77.3 Å². The number of H-pyrrole nitrogens is 1. The first kappa shape index (κ1) is 26.5. The van der Waals surface area contributed by atoms with Gasteiger partial charge in [-0.25, -0.2) is 19.6 Å². The minimum absolute atomic E-state index is 0.128. The topological polar surface area (TPSA) is 139 Å². The quantitative estimate of drug-likeness (QED) is 0.300. The first-order chi connectivity index (χ1) is 18.0. The van der Waals surface area contributed by atoms with Crippen molar-refractivity contribution >= 4 is 11.9 Å². The Morgan fingerprint density at radius 1 is 1.16 bits per heavy atom. The molecule has 3 heterocycles. The fraction of sp³-hybridized carbons (Fsp3) is 0.280. The molecule has 10 nitrogen and oxygen atoms in total. The van der Waals surface area contributed by atoms with Crippen molar-refractivity contribution in [2.45, 2.75) is 45.3 Å².